The maximum atomic E-state index is 14.4. The van der Waals surface area contributed by atoms with Crippen molar-refractivity contribution in [3.8, 4) is 5.75 Å². The molecule has 4 unspecified atom stereocenters. The van der Waals surface area contributed by atoms with Gasteiger partial charge in [0.15, 0.2) is 12.2 Å². The first-order valence-corrected chi connectivity index (χ1v) is 15.4. The van der Waals surface area contributed by atoms with Gasteiger partial charge in [0.1, 0.15) is 16.9 Å². The third kappa shape index (κ3) is 3.29. The molecule has 2 saturated carbocycles. The summed E-state index contributed by atoms with van der Waals surface area (Å²) in [5, 5.41) is 0.526. The number of esters is 4. The fraction of sp³-hybridized carbons (Fsp3) is 0.618. The van der Waals surface area contributed by atoms with E-state index in [0.29, 0.717) is 18.2 Å². The summed E-state index contributed by atoms with van der Waals surface area (Å²) >= 11 is 0. The molecule has 240 valence electrons. The molecule has 0 radical (unpaired) electrons. The largest absolute Gasteiger partial charge is 0.483 e. The van der Waals surface area contributed by atoms with E-state index in [1.807, 2.05) is 27.7 Å². The zero-order valence-electron chi connectivity index (χ0n) is 26.8. The van der Waals surface area contributed by atoms with E-state index in [-0.39, 0.29) is 29.7 Å². The fourth-order valence-corrected chi connectivity index (χ4v) is 8.50. The molecule has 0 amide bonds. The van der Waals surface area contributed by atoms with Gasteiger partial charge in [-0.25, -0.2) is 14.4 Å². The Kier molecular flexibility index (Phi) is 5.61. The van der Waals surface area contributed by atoms with Crippen LogP contribution in [0.15, 0.2) is 33.5 Å². The molecule has 11 nitrogen and oxygen atoms in total. The van der Waals surface area contributed by atoms with E-state index in [2.05, 4.69) is 0 Å². The van der Waals surface area contributed by atoms with Crippen molar-refractivity contribution in [3.05, 3.63) is 40.2 Å². The van der Waals surface area contributed by atoms with Gasteiger partial charge in [-0.3, -0.25) is 9.59 Å². The number of carbonyl (C=O) groups is 4. The van der Waals surface area contributed by atoms with Gasteiger partial charge >= 0.3 is 29.5 Å². The fourth-order valence-electron chi connectivity index (χ4n) is 8.50. The monoisotopic (exact) mass is 622 g/mol. The van der Waals surface area contributed by atoms with Gasteiger partial charge < -0.3 is 28.1 Å². The number of hydrogen-bond donors (Lipinski definition) is 0. The quantitative estimate of drug-likeness (QED) is 0.266. The summed E-state index contributed by atoms with van der Waals surface area (Å²) in [7, 11) is 0. The van der Waals surface area contributed by atoms with Crippen molar-refractivity contribution < 1.29 is 47.3 Å². The Labute approximate surface area is 259 Å². The highest BCUT2D eigenvalue weighted by Crippen LogP contribution is 2.67. The summed E-state index contributed by atoms with van der Waals surface area (Å²) in [6.45, 7) is 14.2. The first-order valence-electron chi connectivity index (χ1n) is 15.4. The lowest BCUT2D eigenvalue weighted by Crippen LogP contribution is -2.57. The normalized spacial score (nSPS) is 37.9. The van der Waals surface area contributed by atoms with Gasteiger partial charge in [-0.2, -0.15) is 0 Å². The number of carbonyl (C=O) groups excluding carboxylic acids is 4. The van der Waals surface area contributed by atoms with Crippen LogP contribution in [0, 0.1) is 21.7 Å². The molecular formula is C34H38O11. The first kappa shape index (κ1) is 29.8. The van der Waals surface area contributed by atoms with Crippen molar-refractivity contribution in [2.45, 2.75) is 110 Å². The number of hydrogen-bond acceptors (Lipinski definition) is 11. The van der Waals surface area contributed by atoms with E-state index >= 15 is 0 Å². The van der Waals surface area contributed by atoms with Crippen molar-refractivity contribution in [2.24, 2.45) is 21.7 Å². The summed E-state index contributed by atoms with van der Waals surface area (Å²) in [6.07, 6.45) is -1.26. The van der Waals surface area contributed by atoms with Crippen molar-refractivity contribution in [1.29, 1.82) is 0 Å². The van der Waals surface area contributed by atoms with E-state index in [1.54, 1.807) is 45.9 Å². The Hall–Kier alpha value is -3.89. The van der Waals surface area contributed by atoms with Crippen LogP contribution in [0.1, 0.15) is 92.7 Å². The molecule has 2 saturated heterocycles. The van der Waals surface area contributed by atoms with Crippen LogP contribution in [0.4, 0.5) is 0 Å². The van der Waals surface area contributed by atoms with Crippen LogP contribution in [0.3, 0.4) is 0 Å². The second-order valence-corrected chi connectivity index (χ2v) is 15.4. The highest BCUT2D eigenvalue weighted by molar-refractivity contribution is 5.95. The van der Waals surface area contributed by atoms with Crippen LogP contribution in [-0.4, -0.2) is 46.8 Å². The van der Waals surface area contributed by atoms with E-state index in [9.17, 15) is 24.0 Å². The van der Waals surface area contributed by atoms with E-state index in [4.69, 9.17) is 28.1 Å². The lowest BCUT2D eigenvalue weighted by Gasteiger charge is -2.45. The third-order valence-corrected chi connectivity index (χ3v) is 12.7. The molecule has 7 rings (SSSR count). The minimum Gasteiger partial charge on any atom is -0.483 e. The Morgan fingerprint density at radius 1 is 0.689 bits per heavy atom. The van der Waals surface area contributed by atoms with Gasteiger partial charge in [0.25, 0.3) is 0 Å². The molecular weight excluding hydrogens is 584 g/mol. The van der Waals surface area contributed by atoms with E-state index < -0.39 is 80.2 Å². The predicted octanol–water partition coefficient (Wildman–Crippen LogP) is 4.70. The SMILES string of the molecule is CC1(C)Oc2ccc3ccc(=O)oc3c2[C@H](OC(=O)C23CCC(C)(C(=O)O2)C3(C)C)[C@H]1OC(=O)C12CCC(C)(C(=O)O1)C2(C)C. The number of benzene rings is 1. The predicted molar refractivity (Wildman–Crippen MR) is 156 cm³/mol. The second kappa shape index (κ2) is 8.47. The smallest absolute Gasteiger partial charge is 0.351 e. The molecule has 2 aliphatic carbocycles. The van der Waals surface area contributed by atoms with Crippen molar-refractivity contribution in [1.82, 2.24) is 0 Å². The first-order chi connectivity index (χ1) is 20.8. The summed E-state index contributed by atoms with van der Waals surface area (Å²) in [4.78, 5) is 67.1. The summed E-state index contributed by atoms with van der Waals surface area (Å²) in [6, 6.07) is 6.22. The van der Waals surface area contributed by atoms with Crippen LogP contribution in [0.5, 0.6) is 5.75 Å². The van der Waals surface area contributed by atoms with Crippen molar-refractivity contribution in [3.63, 3.8) is 0 Å². The van der Waals surface area contributed by atoms with Gasteiger partial charge in [0.05, 0.1) is 16.4 Å². The lowest BCUT2D eigenvalue weighted by molar-refractivity contribution is -0.217. The van der Waals surface area contributed by atoms with Crippen molar-refractivity contribution in [2.75, 3.05) is 0 Å². The molecule has 11 heteroatoms. The minimum atomic E-state index is -1.59. The molecule has 1 aromatic heterocycles. The maximum absolute atomic E-state index is 14.4. The maximum Gasteiger partial charge on any atom is 0.351 e. The Morgan fingerprint density at radius 2 is 1.20 bits per heavy atom. The molecule has 4 heterocycles. The molecule has 2 aromatic rings. The number of ether oxygens (including phenoxy) is 5. The molecule has 3 aliphatic heterocycles. The van der Waals surface area contributed by atoms with Crippen LogP contribution in [-0.2, 0) is 38.1 Å². The molecule has 1 aromatic carbocycles. The zero-order valence-corrected chi connectivity index (χ0v) is 26.8. The van der Waals surface area contributed by atoms with Crippen LogP contribution < -0.4 is 10.4 Å². The van der Waals surface area contributed by atoms with E-state index in [1.165, 1.54) is 6.07 Å². The molecule has 0 spiro atoms. The van der Waals surface area contributed by atoms with Crippen LogP contribution >= 0.6 is 0 Å². The summed E-state index contributed by atoms with van der Waals surface area (Å²) in [5.74, 6) is -2.26. The molecule has 4 bridgehead atoms. The highest BCUT2D eigenvalue weighted by Gasteiger charge is 2.78. The highest BCUT2D eigenvalue weighted by atomic mass is 16.7. The molecule has 0 N–H and O–H groups in total. The standard InChI is InChI=1S/C34H38O11/c1-28(2)23(42-27(39)34-16-14-32(8,25(37)45-34)30(34,5)6)22(20-18(43-28)11-9-17-10-12-19(35)40-21(17)20)41-26(38)33-15-13-31(7,24(36)44-33)29(33,3)4/h9-12,22-23H,13-16H2,1-8H3/t22-,23+,31?,32?,33?,34?/m0/s1. The Balaban J connectivity index is 1.36. The van der Waals surface area contributed by atoms with Crippen LogP contribution in [0.25, 0.3) is 11.0 Å². The van der Waals surface area contributed by atoms with Crippen LogP contribution in [0.2, 0.25) is 0 Å². The molecule has 5 aliphatic rings. The summed E-state index contributed by atoms with van der Waals surface area (Å²) < 4.78 is 36.2. The second-order valence-electron chi connectivity index (χ2n) is 15.4. The Bertz CT molecular complexity index is 1780. The molecule has 6 atom stereocenters. The van der Waals surface area contributed by atoms with Gasteiger partial charge in [0.2, 0.25) is 11.2 Å². The number of rotatable bonds is 4. The number of fused-ring (bicyclic) bond motifs is 7. The van der Waals surface area contributed by atoms with E-state index in [0.717, 1.165) is 0 Å². The van der Waals surface area contributed by atoms with Gasteiger partial charge in [-0.15, -0.1) is 0 Å². The molecule has 45 heavy (non-hydrogen) atoms. The summed E-state index contributed by atoms with van der Waals surface area (Å²) in [5.41, 5.74) is -8.36. The Morgan fingerprint density at radius 3 is 1.69 bits per heavy atom. The van der Waals surface area contributed by atoms with Gasteiger partial charge in [0, 0.05) is 22.3 Å². The lowest BCUT2D eigenvalue weighted by atomic mass is 9.66. The topological polar surface area (TPSA) is 145 Å². The molecule has 4 fully saturated rings. The zero-order chi connectivity index (χ0) is 32.8. The van der Waals surface area contributed by atoms with Crippen molar-refractivity contribution >= 4 is 34.8 Å². The third-order valence-electron chi connectivity index (χ3n) is 12.7. The average molecular weight is 623 g/mol. The van der Waals surface area contributed by atoms with Gasteiger partial charge in [-0.05, 0) is 71.6 Å². The minimum absolute atomic E-state index is 0.102. The van der Waals surface area contributed by atoms with Gasteiger partial charge in [-0.1, -0.05) is 27.7 Å². The average Bonchev–Trinajstić information content (AvgIpc) is 3.42.